The lowest BCUT2D eigenvalue weighted by molar-refractivity contribution is 0.174. The molecule has 1 N–H and O–H groups in total. The molecule has 1 atom stereocenters. The van der Waals surface area contributed by atoms with E-state index in [2.05, 4.69) is 0 Å². The molecule has 0 unspecified atom stereocenters. The van der Waals surface area contributed by atoms with Crippen molar-refractivity contribution in [1.29, 1.82) is 0 Å². The molecule has 1 aromatic carbocycles. The van der Waals surface area contributed by atoms with Crippen LogP contribution in [0.25, 0.3) is 0 Å². The van der Waals surface area contributed by atoms with Crippen LogP contribution in [-0.2, 0) is 6.54 Å². The molecule has 0 spiro atoms. The van der Waals surface area contributed by atoms with Crippen LogP contribution in [0.3, 0.4) is 0 Å². The van der Waals surface area contributed by atoms with Crippen LogP contribution in [0.5, 0.6) is 5.75 Å². The summed E-state index contributed by atoms with van der Waals surface area (Å²) in [6, 6.07) is 5.14. The van der Waals surface area contributed by atoms with Crippen molar-refractivity contribution in [3.63, 3.8) is 0 Å². The third kappa shape index (κ3) is 2.33. The van der Waals surface area contributed by atoms with Crippen LogP contribution in [0.1, 0.15) is 12.0 Å². The number of aliphatic hydroxyl groups is 1. The Bertz CT molecular complexity index is 370. The number of nitrogens with zero attached hydrogens (tertiary/aromatic N) is 1. The predicted molar refractivity (Wildman–Crippen MR) is 58.9 cm³/mol. The molecule has 0 aliphatic carbocycles. The van der Waals surface area contributed by atoms with Gasteiger partial charge in [-0.05, 0) is 12.5 Å². The van der Waals surface area contributed by atoms with Gasteiger partial charge in [0.05, 0.1) is 13.2 Å². The molecule has 0 saturated carbocycles. The van der Waals surface area contributed by atoms with Gasteiger partial charge in [-0.1, -0.05) is 12.1 Å². The Balaban J connectivity index is 2.09. The lowest BCUT2D eigenvalue weighted by Gasteiger charge is -2.16. The van der Waals surface area contributed by atoms with Crippen molar-refractivity contribution < 1.29 is 14.2 Å². The van der Waals surface area contributed by atoms with E-state index in [1.54, 1.807) is 18.2 Å². The molecule has 16 heavy (non-hydrogen) atoms. The summed E-state index contributed by atoms with van der Waals surface area (Å²) >= 11 is 0. The minimum Gasteiger partial charge on any atom is -0.494 e. The summed E-state index contributed by atoms with van der Waals surface area (Å²) in [5.74, 6) is -0.0244. The molecule has 0 radical (unpaired) electrons. The van der Waals surface area contributed by atoms with Gasteiger partial charge in [-0.2, -0.15) is 0 Å². The maximum Gasteiger partial charge on any atom is 0.169 e. The van der Waals surface area contributed by atoms with Crippen LogP contribution in [0.4, 0.5) is 4.39 Å². The van der Waals surface area contributed by atoms with Crippen LogP contribution in [0.15, 0.2) is 18.2 Å². The molecule has 4 heteroatoms. The average molecular weight is 225 g/mol. The number of hydrogen-bond donors (Lipinski definition) is 1. The topological polar surface area (TPSA) is 32.7 Å². The largest absolute Gasteiger partial charge is 0.494 e. The lowest BCUT2D eigenvalue weighted by Crippen LogP contribution is -2.22. The number of rotatable bonds is 3. The highest BCUT2D eigenvalue weighted by atomic mass is 19.1. The molecule has 1 heterocycles. The number of benzene rings is 1. The first-order valence-electron chi connectivity index (χ1n) is 5.42. The van der Waals surface area contributed by atoms with Gasteiger partial charge in [0.1, 0.15) is 0 Å². The van der Waals surface area contributed by atoms with Gasteiger partial charge in [0.2, 0.25) is 0 Å². The zero-order chi connectivity index (χ0) is 11.5. The number of ether oxygens (including phenoxy) is 1. The fourth-order valence-electron chi connectivity index (χ4n) is 2.03. The molecular weight excluding hydrogens is 209 g/mol. The van der Waals surface area contributed by atoms with E-state index in [9.17, 15) is 9.50 Å². The first kappa shape index (κ1) is 11.4. The van der Waals surface area contributed by atoms with Gasteiger partial charge in [0.25, 0.3) is 0 Å². The third-order valence-electron chi connectivity index (χ3n) is 2.90. The minimum absolute atomic E-state index is 0.270. The fourth-order valence-corrected chi connectivity index (χ4v) is 2.03. The molecule has 88 valence electrons. The van der Waals surface area contributed by atoms with Gasteiger partial charge >= 0.3 is 0 Å². The van der Waals surface area contributed by atoms with E-state index in [1.165, 1.54) is 7.11 Å². The molecule has 1 saturated heterocycles. The molecule has 3 nitrogen and oxygen atoms in total. The highest BCUT2D eigenvalue weighted by Gasteiger charge is 2.21. The van der Waals surface area contributed by atoms with Crippen LogP contribution in [0, 0.1) is 5.82 Å². The molecule has 2 rings (SSSR count). The van der Waals surface area contributed by atoms with Crippen molar-refractivity contribution in [3.8, 4) is 5.75 Å². The second-order valence-corrected chi connectivity index (χ2v) is 4.11. The SMILES string of the molecule is COc1cccc(CN2CC[C@H](O)C2)c1F. The maximum atomic E-state index is 13.8. The number of halogens is 1. The third-order valence-corrected chi connectivity index (χ3v) is 2.90. The van der Waals surface area contributed by atoms with E-state index >= 15 is 0 Å². The number of likely N-dealkylation sites (tertiary alicyclic amines) is 1. The first-order valence-corrected chi connectivity index (χ1v) is 5.42. The van der Waals surface area contributed by atoms with Crippen molar-refractivity contribution in [2.75, 3.05) is 20.2 Å². The Hall–Kier alpha value is -1.13. The zero-order valence-corrected chi connectivity index (χ0v) is 9.32. The Labute approximate surface area is 94.4 Å². The molecule has 0 bridgehead atoms. The first-order chi connectivity index (χ1) is 7.70. The molecule has 1 aliphatic rings. The molecule has 0 amide bonds. The monoisotopic (exact) mass is 225 g/mol. The standard InChI is InChI=1S/C12H16FNO2/c1-16-11-4-2-3-9(12(11)13)7-14-6-5-10(15)8-14/h2-4,10,15H,5-8H2,1H3/t10-/m0/s1. The number of hydrogen-bond acceptors (Lipinski definition) is 3. The van der Waals surface area contributed by atoms with E-state index in [0.29, 0.717) is 18.7 Å². The van der Waals surface area contributed by atoms with Crippen LogP contribution in [0.2, 0.25) is 0 Å². The number of β-amino-alcohol motifs (C(OH)–C–C–N with tert-alkyl or cyclic N) is 1. The van der Waals surface area contributed by atoms with Crippen molar-refractivity contribution in [2.24, 2.45) is 0 Å². The average Bonchev–Trinajstić information content (AvgIpc) is 2.67. The summed E-state index contributed by atoms with van der Waals surface area (Å²) in [5.41, 5.74) is 0.619. The highest BCUT2D eigenvalue weighted by molar-refractivity contribution is 5.31. The maximum absolute atomic E-state index is 13.8. The van der Waals surface area contributed by atoms with Crippen molar-refractivity contribution in [3.05, 3.63) is 29.6 Å². The molecule has 0 aromatic heterocycles. The predicted octanol–water partition coefficient (Wildman–Crippen LogP) is 1.40. The summed E-state index contributed by atoms with van der Waals surface area (Å²) < 4.78 is 18.7. The smallest absolute Gasteiger partial charge is 0.169 e. The van der Waals surface area contributed by atoms with Crippen molar-refractivity contribution >= 4 is 0 Å². The minimum atomic E-state index is -0.300. The van der Waals surface area contributed by atoms with Gasteiger partial charge in [0.15, 0.2) is 11.6 Å². The second-order valence-electron chi connectivity index (χ2n) is 4.11. The van der Waals surface area contributed by atoms with Gasteiger partial charge in [0, 0.05) is 25.2 Å². The summed E-state index contributed by atoms with van der Waals surface area (Å²) in [4.78, 5) is 2.04. The fraction of sp³-hybridized carbons (Fsp3) is 0.500. The summed E-state index contributed by atoms with van der Waals surface area (Å²) in [6.45, 7) is 1.97. The quantitative estimate of drug-likeness (QED) is 0.844. The van der Waals surface area contributed by atoms with E-state index in [-0.39, 0.29) is 17.7 Å². The lowest BCUT2D eigenvalue weighted by atomic mass is 10.2. The summed E-state index contributed by atoms with van der Waals surface area (Å²) in [6.07, 6.45) is 0.500. The van der Waals surface area contributed by atoms with Gasteiger partial charge in [-0.15, -0.1) is 0 Å². The highest BCUT2D eigenvalue weighted by Crippen LogP contribution is 2.22. The van der Waals surface area contributed by atoms with Crippen LogP contribution < -0.4 is 4.74 Å². The molecule has 1 aliphatic heterocycles. The van der Waals surface area contributed by atoms with E-state index < -0.39 is 0 Å². The van der Waals surface area contributed by atoms with E-state index in [1.807, 2.05) is 4.90 Å². The van der Waals surface area contributed by atoms with Crippen molar-refractivity contribution in [1.82, 2.24) is 4.90 Å². The van der Waals surface area contributed by atoms with Gasteiger partial charge < -0.3 is 9.84 Å². The van der Waals surface area contributed by atoms with Gasteiger partial charge in [-0.25, -0.2) is 4.39 Å². The normalized spacial score (nSPS) is 21.3. The van der Waals surface area contributed by atoms with Crippen molar-refractivity contribution in [2.45, 2.75) is 19.1 Å². The summed E-state index contributed by atoms with van der Waals surface area (Å²) in [7, 11) is 1.46. The zero-order valence-electron chi connectivity index (χ0n) is 9.32. The van der Waals surface area contributed by atoms with E-state index in [0.717, 1.165) is 13.0 Å². The van der Waals surface area contributed by atoms with Crippen LogP contribution >= 0.6 is 0 Å². The Morgan fingerprint density at radius 3 is 3.00 bits per heavy atom. The Kier molecular flexibility index (Phi) is 3.41. The van der Waals surface area contributed by atoms with Gasteiger partial charge in [-0.3, -0.25) is 4.90 Å². The van der Waals surface area contributed by atoms with E-state index in [4.69, 9.17) is 4.74 Å². The number of aliphatic hydroxyl groups excluding tert-OH is 1. The Morgan fingerprint density at radius 2 is 2.38 bits per heavy atom. The summed E-state index contributed by atoms with van der Waals surface area (Å²) in [5, 5.41) is 9.39. The molecule has 1 fully saturated rings. The van der Waals surface area contributed by atoms with Crippen LogP contribution in [-0.4, -0.2) is 36.3 Å². The second kappa shape index (κ2) is 4.80. The molecular formula is C12H16FNO2. The Morgan fingerprint density at radius 1 is 1.56 bits per heavy atom. The molecule has 1 aromatic rings. The number of methoxy groups -OCH3 is 1.